The number of para-hydroxylation sites is 1. The number of ether oxygens (including phenoxy) is 3. The Morgan fingerprint density at radius 2 is 1.76 bits per heavy atom. The lowest BCUT2D eigenvalue weighted by Gasteiger charge is -2.19. The van der Waals surface area contributed by atoms with Crippen molar-refractivity contribution in [1.82, 2.24) is 0 Å². The third kappa shape index (κ3) is 4.88. The molecule has 0 bridgehead atoms. The third-order valence-corrected chi connectivity index (χ3v) is 5.90. The topological polar surface area (TPSA) is 57.9 Å². The first kappa shape index (κ1) is 22.9. The first-order valence-electron chi connectivity index (χ1n) is 10.4. The van der Waals surface area contributed by atoms with E-state index >= 15 is 0 Å². The van der Waals surface area contributed by atoms with Crippen LogP contribution in [0.15, 0.2) is 75.6 Å². The highest BCUT2D eigenvalue weighted by Gasteiger charge is 2.26. The van der Waals surface area contributed by atoms with Crippen LogP contribution in [0.1, 0.15) is 12.5 Å². The average molecular weight is 513 g/mol. The molecule has 0 unspecified atom stereocenters. The van der Waals surface area contributed by atoms with Gasteiger partial charge in [0.2, 0.25) is 0 Å². The van der Waals surface area contributed by atoms with Crippen LogP contribution in [0.25, 0.3) is 22.3 Å². The van der Waals surface area contributed by atoms with Crippen molar-refractivity contribution in [1.29, 1.82) is 0 Å². The van der Waals surface area contributed by atoms with Gasteiger partial charge in [-0.1, -0.05) is 24.3 Å². The van der Waals surface area contributed by atoms with E-state index in [1.54, 1.807) is 44.4 Å². The largest absolute Gasteiger partial charge is 0.496 e. The molecule has 7 heteroatoms. The molecule has 0 aliphatic heterocycles. The summed E-state index contributed by atoms with van der Waals surface area (Å²) >= 11 is 3.60. The van der Waals surface area contributed by atoms with Gasteiger partial charge in [0, 0.05) is 12.0 Å². The number of carbonyl (C=O) groups is 1. The highest BCUT2D eigenvalue weighted by atomic mass is 79.9. The summed E-state index contributed by atoms with van der Waals surface area (Å²) in [6.45, 7) is 1.99. The minimum atomic E-state index is -0.900. The molecule has 0 saturated heterocycles. The SMILES string of the molecule is CCOC(=O)[C@@H](Cc1ccccc1OC)Oc1cccc2oc(-c3ccc(F)cc3)c(Br)c12. The van der Waals surface area contributed by atoms with Crippen molar-refractivity contribution < 1.29 is 27.8 Å². The fraction of sp³-hybridized carbons (Fsp3) is 0.192. The Bertz CT molecular complexity index is 1270. The second-order valence-corrected chi connectivity index (χ2v) is 8.05. The Balaban J connectivity index is 1.72. The lowest BCUT2D eigenvalue weighted by atomic mass is 10.1. The van der Waals surface area contributed by atoms with E-state index in [2.05, 4.69) is 15.9 Å². The van der Waals surface area contributed by atoms with Crippen LogP contribution >= 0.6 is 15.9 Å². The van der Waals surface area contributed by atoms with Crippen molar-refractivity contribution in [2.75, 3.05) is 13.7 Å². The highest BCUT2D eigenvalue weighted by molar-refractivity contribution is 9.10. The van der Waals surface area contributed by atoms with Gasteiger partial charge in [-0.2, -0.15) is 0 Å². The van der Waals surface area contributed by atoms with Crippen molar-refractivity contribution >= 4 is 32.9 Å². The molecule has 0 amide bonds. The molecule has 1 aromatic heterocycles. The van der Waals surface area contributed by atoms with Crippen molar-refractivity contribution in [2.45, 2.75) is 19.4 Å². The van der Waals surface area contributed by atoms with Gasteiger partial charge in [-0.05, 0) is 70.9 Å². The third-order valence-electron chi connectivity index (χ3n) is 5.14. The zero-order chi connectivity index (χ0) is 23.4. The van der Waals surface area contributed by atoms with E-state index in [1.165, 1.54) is 12.1 Å². The minimum absolute atomic E-state index is 0.235. The number of hydrogen-bond acceptors (Lipinski definition) is 5. The molecule has 0 saturated carbocycles. The zero-order valence-electron chi connectivity index (χ0n) is 18.1. The summed E-state index contributed by atoms with van der Waals surface area (Å²) in [5, 5.41) is 0.672. The summed E-state index contributed by atoms with van der Waals surface area (Å²) in [5.41, 5.74) is 2.10. The van der Waals surface area contributed by atoms with Crippen LogP contribution in [0.2, 0.25) is 0 Å². The molecule has 4 aromatic rings. The smallest absolute Gasteiger partial charge is 0.347 e. The predicted octanol–water partition coefficient (Wildman–Crippen LogP) is 6.56. The highest BCUT2D eigenvalue weighted by Crippen LogP contribution is 2.42. The Morgan fingerprint density at radius 3 is 2.48 bits per heavy atom. The minimum Gasteiger partial charge on any atom is -0.496 e. The van der Waals surface area contributed by atoms with E-state index in [1.807, 2.05) is 24.3 Å². The molecular weight excluding hydrogens is 491 g/mol. The van der Waals surface area contributed by atoms with Crippen molar-refractivity contribution in [2.24, 2.45) is 0 Å². The Kier molecular flexibility index (Phi) is 6.99. The van der Waals surface area contributed by atoms with Gasteiger partial charge >= 0.3 is 5.97 Å². The number of carbonyl (C=O) groups excluding carboxylic acids is 1. The molecule has 0 aliphatic carbocycles. The van der Waals surface area contributed by atoms with Gasteiger partial charge in [0.15, 0.2) is 6.10 Å². The van der Waals surface area contributed by atoms with Crippen LogP contribution in [0, 0.1) is 5.82 Å². The van der Waals surface area contributed by atoms with E-state index < -0.39 is 12.1 Å². The van der Waals surface area contributed by atoms with Gasteiger partial charge in [-0.15, -0.1) is 0 Å². The van der Waals surface area contributed by atoms with Gasteiger partial charge in [0.05, 0.1) is 23.6 Å². The second-order valence-electron chi connectivity index (χ2n) is 7.26. The Morgan fingerprint density at radius 1 is 1.03 bits per heavy atom. The van der Waals surface area contributed by atoms with Crippen LogP contribution in [-0.4, -0.2) is 25.8 Å². The molecule has 170 valence electrons. The van der Waals surface area contributed by atoms with Gasteiger partial charge in [-0.25, -0.2) is 9.18 Å². The van der Waals surface area contributed by atoms with Gasteiger partial charge in [0.25, 0.3) is 0 Å². The first-order chi connectivity index (χ1) is 16.0. The van der Waals surface area contributed by atoms with E-state index in [4.69, 9.17) is 18.6 Å². The molecule has 5 nitrogen and oxygen atoms in total. The van der Waals surface area contributed by atoms with Crippen molar-refractivity contribution in [3.63, 3.8) is 0 Å². The number of hydrogen-bond donors (Lipinski definition) is 0. The first-order valence-corrected chi connectivity index (χ1v) is 11.2. The molecule has 1 atom stereocenters. The molecule has 4 rings (SSSR count). The fourth-order valence-electron chi connectivity index (χ4n) is 3.60. The van der Waals surface area contributed by atoms with E-state index in [0.29, 0.717) is 38.3 Å². The summed E-state index contributed by atoms with van der Waals surface area (Å²) in [6.07, 6.45) is -0.637. The maximum Gasteiger partial charge on any atom is 0.347 e. The van der Waals surface area contributed by atoms with Crippen LogP contribution in [-0.2, 0) is 16.0 Å². The van der Waals surface area contributed by atoms with E-state index in [0.717, 1.165) is 5.56 Å². The maximum absolute atomic E-state index is 13.4. The van der Waals surface area contributed by atoms with Crippen LogP contribution in [0.3, 0.4) is 0 Å². The quantitative estimate of drug-likeness (QED) is 0.250. The monoisotopic (exact) mass is 512 g/mol. The summed E-state index contributed by atoms with van der Waals surface area (Å²) in [6, 6.07) is 18.8. The number of fused-ring (bicyclic) bond motifs is 1. The molecule has 1 heterocycles. The standard InChI is InChI=1S/C26H22BrFO5/c1-3-31-26(29)22(15-17-7-4-5-8-19(17)30-2)32-20-9-6-10-21-23(20)24(27)25(33-21)16-11-13-18(28)14-12-16/h4-14,22H,3,15H2,1-2H3/t22-/m1/s1. The lowest BCUT2D eigenvalue weighted by molar-refractivity contribution is -0.151. The molecule has 0 aliphatic rings. The molecule has 3 aromatic carbocycles. The van der Waals surface area contributed by atoms with Gasteiger partial charge in [0.1, 0.15) is 28.7 Å². The molecule has 33 heavy (non-hydrogen) atoms. The lowest BCUT2D eigenvalue weighted by Crippen LogP contribution is -2.32. The average Bonchev–Trinajstić information content (AvgIpc) is 3.17. The van der Waals surface area contributed by atoms with Crippen molar-refractivity contribution in [3.05, 3.63) is 82.6 Å². The predicted molar refractivity (Wildman–Crippen MR) is 127 cm³/mol. The number of esters is 1. The number of rotatable bonds is 8. The van der Waals surface area contributed by atoms with E-state index in [9.17, 15) is 9.18 Å². The maximum atomic E-state index is 13.4. The second kappa shape index (κ2) is 10.1. The van der Waals surface area contributed by atoms with Gasteiger partial charge < -0.3 is 18.6 Å². The number of methoxy groups -OCH3 is 1. The summed E-state index contributed by atoms with van der Waals surface area (Å²) in [4.78, 5) is 12.8. The molecule has 0 N–H and O–H groups in total. The van der Waals surface area contributed by atoms with Crippen molar-refractivity contribution in [3.8, 4) is 22.8 Å². The number of benzene rings is 3. The Labute approximate surface area is 199 Å². The summed E-state index contributed by atoms with van der Waals surface area (Å²) in [7, 11) is 1.58. The fourth-order valence-corrected chi connectivity index (χ4v) is 4.30. The summed E-state index contributed by atoms with van der Waals surface area (Å²) in [5.74, 6) is 0.863. The van der Waals surface area contributed by atoms with Crippen LogP contribution in [0.4, 0.5) is 4.39 Å². The molecule has 0 spiro atoms. The number of halogens is 2. The number of furan rings is 1. The molecule has 0 fully saturated rings. The van der Waals surface area contributed by atoms with Crippen LogP contribution < -0.4 is 9.47 Å². The molecular formula is C26H22BrFO5. The van der Waals surface area contributed by atoms with Gasteiger partial charge in [-0.3, -0.25) is 0 Å². The zero-order valence-corrected chi connectivity index (χ0v) is 19.7. The normalized spacial score (nSPS) is 11.9. The molecule has 0 radical (unpaired) electrons. The van der Waals surface area contributed by atoms with Crippen LogP contribution in [0.5, 0.6) is 11.5 Å². The van der Waals surface area contributed by atoms with E-state index in [-0.39, 0.29) is 18.8 Å². The summed E-state index contributed by atoms with van der Waals surface area (Å²) < 4.78 is 37.0. The Hall–Kier alpha value is -3.32.